The molecule has 7 heteroatoms. The van der Waals surface area contributed by atoms with Gasteiger partial charge >= 0.3 is 6.09 Å². The number of likely N-dealkylation sites (tertiary alicyclic amines) is 1. The van der Waals surface area contributed by atoms with Crippen LogP contribution in [0.15, 0.2) is 18.2 Å². The summed E-state index contributed by atoms with van der Waals surface area (Å²) in [5.41, 5.74) is 0.619. The first kappa shape index (κ1) is 19.6. The minimum Gasteiger partial charge on any atom is -0.444 e. The van der Waals surface area contributed by atoms with Crippen LogP contribution < -0.4 is 10.6 Å². The van der Waals surface area contributed by atoms with E-state index in [1.807, 2.05) is 26.8 Å². The lowest BCUT2D eigenvalue weighted by molar-refractivity contribution is -0.121. The number of hydrogen-bond donors (Lipinski definition) is 2. The average Bonchev–Trinajstić information content (AvgIpc) is 2.53. The van der Waals surface area contributed by atoms with E-state index in [-0.39, 0.29) is 29.5 Å². The number of nitrogens with zero attached hydrogens (tertiary/aromatic N) is 1. The number of benzene rings is 1. The molecular weight excluding hydrogens is 349 g/mol. The van der Waals surface area contributed by atoms with Crippen molar-refractivity contribution in [3.63, 3.8) is 0 Å². The molecule has 0 atom stereocenters. The molecule has 0 radical (unpaired) electrons. The number of amides is 2. The average molecular weight is 377 g/mol. The third-order valence-electron chi connectivity index (χ3n) is 5.02. The first-order valence-electron chi connectivity index (χ1n) is 9.52. The van der Waals surface area contributed by atoms with Crippen LogP contribution in [0.25, 0.3) is 0 Å². The minimum atomic E-state index is -0.507. The van der Waals surface area contributed by atoms with Crippen molar-refractivity contribution in [2.45, 2.75) is 45.1 Å². The van der Waals surface area contributed by atoms with Gasteiger partial charge in [0.2, 0.25) is 5.91 Å². The molecule has 2 aliphatic rings. The number of ether oxygens (including phenoxy) is 1. The van der Waals surface area contributed by atoms with Gasteiger partial charge in [0.15, 0.2) is 0 Å². The summed E-state index contributed by atoms with van der Waals surface area (Å²) >= 11 is 0. The molecule has 6 nitrogen and oxygen atoms in total. The van der Waals surface area contributed by atoms with Gasteiger partial charge in [0, 0.05) is 26.2 Å². The van der Waals surface area contributed by atoms with Gasteiger partial charge in [0.25, 0.3) is 0 Å². The third kappa shape index (κ3) is 4.97. The zero-order valence-corrected chi connectivity index (χ0v) is 16.2. The van der Waals surface area contributed by atoms with E-state index in [0.717, 1.165) is 18.4 Å². The van der Waals surface area contributed by atoms with Gasteiger partial charge in [-0.15, -0.1) is 0 Å². The molecule has 148 valence electrons. The summed E-state index contributed by atoms with van der Waals surface area (Å²) in [4.78, 5) is 25.8. The van der Waals surface area contributed by atoms with Crippen molar-refractivity contribution in [3.8, 4) is 0 Å². The molecule has 2 amide bonds. The maximum Gasteiger partial charge on any atom is 0.410 e. The lowest BCUT2D eigenvalue weighted by atomic mass is 9.89. The summed E-state index contributed by atoms with van der Waals surface area (Å²) in [5, 5.41) is 5.69. The van der Waals surface area contributed by atoms with E-state index in [4.69, 9.17) is 4.74 Å². The molecule has 2 saturated heterocycles. The van der Waals surface area contributed by atoms with Crippen molar-refractivity contribution in [3.05, 3.63) is 29.6 Å². The van der Waals surface area contributed by atoms with E-state index >= 15 is 0 Å². The summed E-state index contributed by atoms with van der Waals surface area (Å²) in [6.45, 7) is 8.01. The highest BCUT2D eigenvalue weighted by Gasteiger charge is 2.28. The molecule has 1 aromatic rings. The highest BCUT2D eigenvalue weighted by Crippen LogP contribution is 2.31. The van der Waals surface area contributed by atoms with Crippen molar-refractivity contribution < 1.29 is 18.7 Å². The lowest BCUT2D eigenvalue weighted by Crippen LogP contribution is -2.48. The van der Waals surface area contributed by atoms with Crippen LogP contribution in [-0.4, -0.2) is 48.7 Å². The van der Waals surface area contributed by atoms with Gasteiger partial charge < -0.3 is 20.3 Å². The van der Waals surface area contributed by atoms with Crippen LogP contribution in [0, 0.1) is 11.7 Å². The van der Waals surface area contributed by atoms with Crippen LogP contribution in [0.1, 0.15) is 45.1 Å². The van der Waals surface area contributed by atoms with E-state index in [1.165, 1.54) is 6.07 Å². The maximum atomic E-state index is 14.4. The predicted molar refractivity (Wildman–Crippen MR) is 101 cm³/mol. The first-order valence-corrected chi connectivity index (χ1v) is 9.52. The number of halogens is 1. The second-order valence-electron chi connectivity index (χ2n) is 8.33. The Morgan fingerprint density at radius 1 is 1.22 bits per heavy atom. The van der Waals surface area contributed by atoms with Crippen LogP contribution in [0.5, 0.6) is 0 Å². The normalized spacial score (nSPS) is 18.7. The monoisotopic (exact) mass is 377 g/mol. The molecule has 0 bridgehead atoms. The van der Waals surface area contributed by atoms with Gasteiger partial charge in [-0.1, -0.05) is 6.07 Å². The van der Waals surface area contributed by atoms with Gasteiger partial charge in [-0.25, -0.2) is 9.18 Å². The van der Waals surface area contributed by atoms with E-state index in [1.54, 1.807) is 11.0 Å². The SMILES string of the molecule is CC(C)(C)OC(=O)N1CCC(c2ccc(NC(=O)C3CNC3)c(F)c2)CC1. The van der Waals surface area contributed by atoms with E-state index in [9.17, 15) is 14.0 Å². The standard InChI is InChI=1S/C20H28FN3O3/c1-20(2,3)27-19(26)24-8-6-13(7-9-24)14-4-5-17(16(21)10-14)23-18(25)15-11-22-12-15/h4-5,10,13,15,22H,6-9,11-12H2,1-3H3,(H,23,25). The van der Waals surface area contributed by atoms with E-state index < -0.39 is 11.4 Å². The Hall–Kier alpha value is -2.15. The Balaban J connectivity index is 1.56. The fourth-order valence-electron chi connectivity index (χ4n) is 3.32. The first-order chi connectivity index (χ1) is 12.7. The van der Waals surface area contributed by atoms with Crippen molar-refractivity contribution in [2.75, 3.05) is 31.5 Å². The van der Waals surface area contributed by atoms with Crippen molar-refractivity contribution in [1.29, 1.82) is 0 Å². The molecule has 1 aromatic carbocycles. The third-order valence-corrected chi connectivity index (χ3v) is 5.02. The van der Waals surface area contributed by atoms with Gasteiger partial charge in [0.1, 0.15) is 11.4 Å². The number of rotatable bonds is 3. The molecule has 0 spiro atoms. The molecule has 0 unspecified atom stereocenters. The predicted octanol–water partition coefficient (Wildman–Crippen LogP) is 3.10. The summed E-state index contributed by atoms with van der Waals surface area (Å²) in [5.74, 6) is -0.450. The van der Waals surface area contributed by atoms with Gasteiger partial charge in [0.05, 0.1) is 11.6 Å². The Morgan fingerprint density at radius 2 is 1.89 bits per heavy atom. The van der Waals surface area contributed by atoms with Crippen molar-refractivity contribution in [1.82, 2.24) is 10.2 Å². The zero-order chi connectivity index (χ0) is 19.6. The van der Waals surface area contributed by atoms with E-state index in [0.29, 0.717) is 26.2 Å². The fourth-order valence-corrected chi connectivity index (χ4v) is 3.32. The Labute approximate surface area is 159 Å². The smallest absolute Gasteiger partial charge is 0.410 e. The Morgan fingerprint density at radius 3 is 2.41 bits per heavy atom. The number of piperidine rings is 1. The number of anilines is 1. The quantitative estimate of drug-likeness (QED) is 0.849. The van der Waals surface area contributed by atoms with E-state index in [2.05, 4.69) is 10.6 Å². The molecule has 2 heterocycles. The molecular formula is C20H28FN3O3. The molecule has 27 heavy (non-hydrogen) atoms. The molecule has 0 aliphatic carbocycles. The van der Waals surface area contributed by atoms with Gasteiger partial charge in [-0.05, 0) is 57.2 Å². The minimum absolute atomic E-state index is 0.0822. The Kier molecular flexibility index (Phi) is 5.69. The van der Waals surface area contributed by atoms with Crippen molar-refractivity contribution in [2.24, 2.45) is 5.92 Å². The number of carbonyl (C=O) groups is 2. The largest absolute Gasteiger partial charge is 0.444 e. The van der Waals surface area contributed by atoms with Crippen LogP contribution in [0.3, 0.4) is 0 Å². The molecule has 2 fully saturated rings. The molecule has 3 rings (SSSR count). The maximum absolute atomic E-state index is 14.4. The van der Waals surface area contributed by atoms with Crippen LogP contribution >= 0.6 is 0 Å². The van der Waals surface area contributed by atoms with Crippen LogP contribution in [0.4, 0.5) is 14.9 Å². The second-order valence-corrected chi connectivity index (χ2v) is 8.33. The highest BCUT2D eigenvalue weighted by molar-refractivity contribution is 5.93. The fraction of sp³-hybridized carbons (Fsp3) is 0.600. The molecule has 0 aromatic heterocycles. The second kappa shape index (κ2) is 7.84. The van der Waals surface area contributed by atoms with Gasteiger partial charge in [-0.2, -0.15) is 0 Å². The topological polar surface area (TPSA) is 70.7 Å². The van der Waals surface area contributed by atoms with Crippen molar-refractivity contribution >= 4 is 17.7 Å². The summed E-state index contributed by atoms with van der Waals surface area (Å²) in [7, 11) is 0. The highest BCUT2D eigenvalue weighted by atomic mass is 19.1. The number of hydrogen-bond acceptors (Lipinski definition) is 4. The van der Waals surface area contributed by atoms with Crippen LogP contribution in [0.2, 0.25) is 0 Å². The summed E-state index contributed by atoms with van der Waals surface area (Å²) in [6.07, 6.45) is 1.23. The number of nitrogens with one attached hydrogen (secondary N) is 2. The van der Waals surface area contributed by atoms with Gasteiger partial charge in [-0.3, -0.25) is 4.79 Å². The summed E-state index contributed by atoms with van der Waals surface area (Å²) < 4.78 is 19.8. The molecule has 2 N–H and O–H groups in total. The van der Waals surface area contributed by atoms with Crippen LogP contribution in [-0.2, 0) is 9.53 Å². The molecule has 0 saturated carbocycles. The Bertz CT molecular complexity index is 705. The summed E-state index contributed by atoms with van der Waals surface area (Å²) in [6, 6.07) is 5.00. The molecule has 2 aliphatic heterocycles. The lowest BCUT2D eigenvalue weighted by Gasteiger charge is -2.33. The number of carbonyl (C=O) groups excluding carboxylic acids is 2. The zero-order valence-electron chi connectivity index (χ0n) is 16.2.